The van der Waals surface area contributed by atoms with E-state index in [2.05, 4.69) is 5.32 Å². The topological polar surface area (TPSA) is 91.7 Å². The summed E-state index contributed by atoms with van der Waals surface area (Å²) < 4.78 is 28.1. The Morgan fingerprint density at radius 1 is 1.00 bits per heavy atom. The number of carbonyl (C=O) groups excluding carboxylic acids is 2. The van der Waals surface area contributed by atoms with Crippen LogP contribution in [0.1, 0.15) is 34.3 Å². The van der Waals surface area contributed by atoms with Crippen LogP contribution in [0.15, 0.2) is 60.4 Å². The molecule has 9 heteroatoms. The van der Waals surface area contributed by atoms with Crippen LogP contribution in [0.5, 0.6) is 0 Å². The van der Waals surface area contributed by atoms with Gasteiger partial charge in [-0.2, -0.15) is 12.7 Å². The van der Waals surface area contributed by atoms with Crippen LogP contribution in [0.25, 0.3) is 17.0 Å². The van der Waals surface area contributed by atoms with E-state index in [-0.39, 0.29) is 11.6 Å². The molecular formula is C25H28N4O4S. The van der Waals surface area contributed by atoms with Gasteiger partial charge in [0, 0.05) is 49.9 Å². The number of aromatic nitrogens is 1. The molecule has 2 heterocycles. The Labute approximate surface area is 199 Å². The number of amides is 2. The first-order valence-corrected chi connectivity index (χ1v) is 12.5. The van der Waals surface area contributed by atoms with E-state index in [0.717, 1.165) is 22.7 Å². The van der Waals surface area contributed by atoms with Gasteiger partial charge in [-0.15, -0.1) is 0 Å². The highest BCUT2D eigenvalue weighted by atomic mass is 32.2. The fraction of sp³-hybridized carbons (Fsp3) is 0.280. The Hall–Kier alpha value is -3.43. The Bertz CT molecular complexity index is 1370. The smallest absolute Gasteiger partial charge is 0.307 e. The molecule has 0 saturated carbocycles. The molecule has 1 fully saturated rings. The SMILES string of the molecule is Cc1ccc(C(=O)NC(=Cc2cn(S(=O)(=O)N(C)C)c3ccccc23)C(=O)N2CCCC2)cc1. The maximum absolute atomic E-state index is 13.3. The molecule has 0 unspecified atom stereocenters. The lowest BCUT2D eigenvalue weighted by Crippen LogP contribution is -2.36. The summed E-state index contributed by atoms with van der Waals surface area (Å²) in [6, 6.07) is 14.1. The lowest BCUT2D eigenvalue weighted by Gasteiger charge is -2.18. The van der Waals surface area contributed by atoms with Crippen molar-refractivity contribution >= 4 is 39.0 Å². The number of para-hydroxylation sites is 1. The summed E-state index contributed by atoms with van der Waals surface area (Å²) in [7, 11) is -0.862. The average Bonchev–Trinajstić information content (AvgIpc) is 3.47. The molecule has 0 spiro atoms. The molecule has 1 saturated heterocycles. The van der Waals surface area contributed by atoms with Gasteiger partial charge in [-0.3, -0.25) is 9.59 Å². The Morgan fingerprint density at radius 2 is 1.65 bits per heavy atom. The van der Waals surface area contributed by atoms with Crippen molar-refractivity contribution in [2.75, 3.05) is 27.2 Å². The Kier molecular flexibility index (Phi) is 6.58. The van der Waals surface area contributed by atoms with Gasteiger partial charge >= 0.3 is 10.2 Å². The fourth-order valence-electron chi connectivity index (χ4n) is 3.95. The molecule has 0 radical (unpaired) electrons. The molecule has 3 aromatic rings. The third kappa shape index (κ3) is 4.62. The van der Waals surface area contributed by atoms with Gasteiger partial charge in [0.15, 0.2) is 0 Å². The van der Waals surface area contributed by atoms with Crippen LogP contribution in [0.4, 0.5) is 0 Å². The molecule has 0 atom stereocenters. The van der Waals surface area contributed by atoms with Crippen molar-refractivity contribution in [2.24, 2.45) is 0 Å². The lowest BCUT2D eigenvalue weighted by molar-refractivity contribution is -0.126. The number of rotatable bonds is 6. The Balaban J connectivity index is 1.80. The summed E-state index contributed by atoms with van der Waals surface area (Å²) in [5, 5.41) is 3.43. The minimum absolute atomic E-state index is 0.109. The van der Waals surface area contributed by atoms with Crippen LogP contribution in [0.3, 0.4) is 0 Å². The minimum Gasteiger partial charge on any atom is -0.337 e. The van der Waals surface area contributed by atoms with Crippen molar-refractivity contribution < 1.29 is 18.0 Å². The number of fused-ring (bicyclic) bond motifs is 1. The second kappa shape index (κ2) is 9.44. The summed E-state index contributed by atoms with van der Waals surface area (Å²) in [4.78, 5) is 28.0. The van der Waals surface area contributed by atoms with E-state index in [9.17, 15) is 18.0 Å². The van der Waals surface area contributed by atoms with E-state index in [1.165, 1.54) is 24.3 Å². The molecule has 1 aliphatic rings. The van der Waals surface area contributed by atoms with E-state index in [1.54, 1.807) is 47.4 Å². The summed E-state index contributed by atoms with van der Waals surface area (Å²) in [6.07, 6.45) is 4.86. The maximum Gasteiger partial charge on any atom is 0.307 e. The predicted octanol–water partition coefficient (Wildman–Crippen LogP) is 3.00. The largest absolute Gasteiger partial charge is 0.337 e. The highest BCUT2D eigenvalue weighted by Crippen LogP contribution is 2.26. The maximum atomic E-state index is 13.3. The van der Waals surface area contributed by atoms with Gasteiger partial charge in [0.05, 0.1) is 5.52 Å². The molecule has 34 heavy (non-hydrogen) atoms. The predicted molar refractivity (Wildman–Crippen MR) is 132 cm³/mol. The van der Waals surface area contributed by atoms with Crippen molar-refractivity contribution in [3.8, 4) is 0 Å². The van der Waals surface area contributed by atoms with Gasteiger partial charge < -0.3 is 10.2 Å². The summed E-state index contributed by atoms with van der Waals surface area (Å²) in [5.74, 6) is -0.686. The van der Waals surface area contributed by atoms with Gasteiger partial charge in [0.2, 0.25) is 0 Å². The van der Waals surface area contributed by atoms with E-state index < -0.39 is 16.1 Å². The summed E-state index contributed by atoms with van der Waals surface area (Å²) >= 11 is 0. The Morgan fingerprint density at radius 3 is 2.29 bits per heavy atom. The van der Waals surface area contributed by atoms with Crippen molar-refractivity contribution in [3.63, 3.8) is 0 Å². The van der Waals surface area contributed by atoms with Crippen LogP contribution >= 0.6 is 0 Å². The number of nitrogens with one attached hydrogen (secondary N) is 1. The van der Waals surface area contributed by atoms with E-state index in [1.807, 2.05) is 19.1 Å². The van der Waals surface area contributed by atoms with Crippen molar-refractivity contribution in [1.82, 2.24) is 18.5 Å². The first kappa shape index (κ1) is 23.7. The molecule has 0 bridgehead atoms. The van der Waals surface area contributed by atoms with Crippen molar-refractivity contribution in [2.45, 2.75) is 19.8 Å². The standard InChI is InChI=1S/C25H28N4O4S/c1-18-10-12-19(13-11-18)24(30)26-22(25(31)28-14-6-7-15-28)16-20-17-29(34(32,33)27(2)3)23-9-5-4-8-21(20)23/h4-5,8-13,16-17H,6-7,14-15H2,1-3H3,(H,26,30). The fourth-order valence-corrected chi connectivity index (χ4v) is 4.96. The number of aryl methyl sites for hydroxylation is 1. The number of hydrogen-bond acceptors (Lipinski definition) is 4. The van der Waals surface area contributed by atoms with Gasteiger partial charge in [0.25, 0.3) is 11.8 Å². The first-order chi connectivity index (χ1) is 16.2. The number of hydrogen-bond donors (Lipinski definition) is 1. The van der Waals surface area contributed by atoms with Crippen molar-refractivity contribution in [3.05, 3.63) is 77.1 Å². The molecule has 0 aliphatic carbocycles. The summed E-state index contributed by atoms with van der Waals surface area (Å²) in [5.41, 5.74) is 2.57. The zero-order valence-electron chi connectivity index (χ0n) is 19.5. The number of benzene rings is 2. The van der Waals surface area contributed by atoms with Crippen LogP contribution in [-0.2, 0) is 15.0 Å². The van der Waals surface area contributed by atoms with Gasteiger partial charge in [0.1, 0.15) is 5.70 Å². The summed E-state index contributed by atoms with van der Waals surface area (Å²) in [6.45, 7) is 3.17. The average molecular weight is 481 g/mol. The molecule has 8 nitrogen and oxygen atoms in total. The lowest BCUT2D eigenvalue weighted by atomic mass is 10.1. The monoisotopic (exact) mass is 480 g/mol. The van der Waals surface area contributed by atoms with Gasteiger partial charge in [-0.05, 0) is 44.0 Å². The van der Waals surface area contributed by atoms with Gasteiger partial charge in [-0.1, -0.05) is 35.9 Å². The molecule has 4 rings (SSSR count). The van der Waals surface area contributed by atoms with E-state index in [4.69, 9.17) is 0 Å². The molecule has 1 aromatic heterocycles. The molecule has 2 amide bonds. The van der Waals surface area contributed by atoms with Crippen LogP contribution in [-0.4, -0.2) is 60.6 Å². The van der Waals surface area contributed by atoms with Crippen LogP contribution in [0, 0.1) is 6.92 Å². The van der Waals surface area contributed by atoms with Crippen LogP contribution < -0.4 is 5.32 Å². The number of likely N-dealkylation sites (tertiary alicyclic amines) is 1. The zero-order valence-corrected chi connectivity index (χ0v) is 20.3. The van der Waals surface area contributed by atoms with Crippen LogP contribution in [0.2, 0.25) is 0 Å². The molecular weight excluding hydrogens is 452 g/mol. The van der Waals surface area contributed by atoms with E-state index >= 15 is 0 Å². The quantitative estimate of drug-likeness (QED) is 0.549. The number of nitrogens with zero attached hydrogens (tertiary/aromatic N) is 3. The van der Waals surface area contributed by atoms with Crippen molar-refractivity contribution in [1.29, 1.82) is 0 Å². The number of carbonyl (C=O) groups is 2. The molecule has 1 aliphatic heterocycles. The first-order valence-electron chi connectivity index (χ1n) is 11.1. The third-order valence-corrected chi connectivity index (χ3v) is 7.63. The molecule has 1 N–H and O–H groups in total. The molecule has 2 aromatic carbocycles. The highest BCUT2D eigenvalue weighted by molar-refractivity contribution is 7.87. The molecule has 178 valence electrons. The zero-order chi connectivity index (χ0) is 24.5. The third-order valence-electron chi connectivity index (χ3n) is 5.90. The highest BCUT2D eigenvalue weighted by Gasteiger charge is 2.25. The van der Waals surface area contributed by atoms with Gasteiger partial charge in [-0.25, -0.2) is 3.97 Å². The normalized spacial score (nSPS) is 14.7. The second-order valence-corrected chi connectivity index (χ2v) is 10.6. The minimum atomic E-state index is -3.79. The van der Waals surface area contributed by atoms with E-state index in [0.29, 0.717) is 35.1 Å². The second-order valence-electron chi connectivity index (χ2n) is 8.57.